The summed E-state index contributed by atoms with van der Waals surface area (Å²) in [5.74, 6) is -1.08. The van der Waals surface area contributed by atoms with Crippen molar-refractivity contribution in [2.45, 2.75) is 12.4 Å². The van der Waals surface area contributed by atoms with Gasteiger partial charge in [0.15, 0.2) is 13.2 Å². The zero-order valence-electron chi connectivity index (χ0n) is 9.47. The first kappa shape index (κ1) is 18.2. The molecule has 0 unspecified atom stereocenters. The molecular formula is C7H10F6NO4P. The highest BCUT2D eigenvalue weighted by molar-refractivity contribution is 7.54. The highest BCUT2D eigenvalue weighted by Gasteiger charge is 2.39. The molecule has 5 nitrogen and oxygen atoms in total. The van der Waals surface area contributed by atoms with Crippen LogP contribution in [0.1, 0.15) is 0 Å². The van der Waals surface area contributed by atoms with Gasteiger partial charge in [-0.15, -0.1) is 0 Å². The average molecular weight is 317 g/mol. The highest BCUT2D eigenvalue weighted by atomic mass is 31.2. The second kappa shape index (κ2) is 6.58. The van der Waals surface area contributed by atoms with Crippen molar-refractivity contribution in [1.29, 1.82) is 0 Å². The van der Waals surface area contributed by atoms with Gasteiger partial charge in [0, 0.05) is 7.05 Å². The molecule has 0 aliphatic heterocycles. The van der Waals surface area contributed by atoms with Crippen molar-refractivity contribution in [3.05, 3.63) is 0 Å². The number of hydrogen-bond acceptors (Lipinski definition) is 4. The van der Waals surface area contributed by atoms with E-state index in [0.717, 1.165) is 7.05 Å². The summed E-state index contributed by atoms with van der Waals surface area (Å²) in [4.78, 5) is 10.9. The van der Waals surface area contributed by atoms with E-state index in [1.807, 2.05) is 5.32 Å². The normalized spacial score (nSPS) is 13.4. The highest BCUT2D eigenvalue weighted by Crippen LogP contribution is 2.49. The summed E-state index contributed by atoms with van der Waals surface area (Å²) in [7, 11) is -3.78. The lowest BCUT2D eigenvalue weighted by atomic mass is 10.7. The summed E-state index contributed by atoms with van der Waals surface area (Å²) in [5, 5.41) is 1.88. The quantitative estimate of drug-likeness (QED) is 0.602. The largest absolute Gasteiger partial charge is 0.412 e. The molecule has 1 N–H and O–H groups in total. The first-order valence-electron chi connectivity index (χ1n) is 4.59. The Bertz CT molecular complexity index is 332. The van der Waals surface area contributed by atoms with Crippen LogP contribution in [0.25, 0.3) is 0 Å². The maximum atomic E-state index is 11.9. The molecule has 0 aromatic heterocycles. The van der Waals surface area contributed by atoms with E-state index in [0.29, 0.717) is 0 Å². The van der Waals surface area contributed by atoms with Crippen LogP contribution in [0.3, 0.4) is 0 Å². The number of halogens is 6. The van der Waals surface area contributed by atoms with Crippen molar-refractivity contribution in [2.75, 3.05) is 26.4 Å². The molecule has 114 valence electrons. The number of alkyl halides is 6. The number of rotatable bonds is 6. The molecule has 0 aliphatic rings. The van der Waals surface area contributed by atoms with Gasteiger partial charge in [-0.3, -0.25) is 18.4 Å². The Kier molecular flexibility index (Phi) is 6.30. The lowest BCUT2D eigenvalue weighted by Crippen LogP contribution is -2.26. The number of carbonyl (C=O) groups is 1. The predicted octanol–water partition coefficient (Wildman–Crippen LogP) is 2.08. The number of hydrogen-bond donors (Lipinski definition) is 1. The maximum absolute atomic E-state index is 11.9. The van der Waals surface area contributed by atoms with Crippen molar-refractivity contribution in [3.8, 4) is 0 Å². The molecule has 0 spiro atoms. The van der Waals surface area contributed by atoms with Crippen LogP contribution in [-0.2, 0) is 18.4 Å². The van der Waals surface area contributed by atoms with Crippen molar-refractivity contribution >= 4 is 13.5 Å². The third-order valence-electron chi connectivity index (χ3n) is 1.47. The second-order valence-corrected chi connectivity index (χ2v) is 5.27. The van der Waals surface area contributed by atoms with E-state index in [2.05, 4.69) is 9.05 Å². The van der Waals surface area contributed by atoms with E-state index in [1.165, 1.54) is 0 Å². The van der Waals surface area contributed by atoms with Crippen LogP contribution in [0.15, 0.2) is 0 Å². The SMILES string of the molecule is CNC(=O)CP(=O)(OCC(F)(F)F)OCC(F)(F)F. The summed E-state index contributed by atoms with van der Waals surface area (Å²) in [5.41, 5.74) is 0. The van der Waals surface area contributed by atoms with Crippen LogP contribution in [0.4, 0.5) is 26.3 Å². The number of nitrogens with one attached hydrogen (secondary N) is 1. The molecule has 0 fully saturated rings. The van der Waals surface area contributed by atoms with Crippen molar-refractivity contribution < 1.29 is 44.7 Å². The van der Waals surface area contributed by atoms with Gasteiger partial charge in [0.2, 0.25) is 5.91 Å². The van der Waals surface area contributed by atoms with Crippen LogP contribution >= 0.6 is 7.60 Å². The van der Waals surface area contributed by atoms with Gasteiger partial charge >= 0.3 is 19.9 Å². The molecule has 1 amide bonds. The minimum Gasteiger partial charge on any atom is -0.359 e. The zero-order valence-corrected chi connectivity index (χ0v) is 10.4. The molecule has 12 heteroatoms. The van der Waals surface area contributed by atoms with Gasteiger partial charge < -0.3 is 5.32 Å². The van der Waals surface area contributed by atoms with E-state index >= 15 is 0 Å². The lowest BCUT2D eigenvalue weighted by Gasteiger charge is -2.19. The summed E-state index contributed by atoms with van der Waals surface area (Å²) < 4.78 is 90.3. The fraction of sp³-hybridized carbons (Fsp3) is 0.857. The summed E-state index contributed by atoms with van der Waals surface area (Å²) in [6.07, 6.45) is -11.1. The maximum Gasteiger partial charge on any atom is 0.412 e. The Hall–Kier alpha value is -0.800. The van der Waals surface area contributed by atoms with E-state index in [1.54, 1.807) is 0 Å². The van der Waals surface area contributed by atoms with Gasteiger partial charge in [-0.2, -0.15) is 26.3 Å². The molecule has 0 saturated heterocycles. The van der Waals surface area contributed by atoms with E-state index in [-0.39, 0.29) is 0 Å². The minimum absolute atomic E-state index is 1.06. The smallest absolute Gasteiger partial charge is 0.359 e. The Morgan fingerprint density at radius 2 is 1.42 bits per heavy atom. The average Bonchev–Trinajstić information content (AvgIpc) is 2.22. The minimum atomic E-state index is -4.92. The van der Waals surface area contributed by atoms with Crippen molar-refractivity contribution in [1.82, 2.24) is 5.32 Å². The van der Waals surface area contributed by atoms with E-state index in [9.17, 15) is 35.7 Å². The van der Waals surface area contributed by atoms with Crippen LogP contribution in [0.2, 0.25) is 0 Å². The van der Waals surface area contributed by atoms with Crippen molar-refractivity contribution in [2.24, 2.45) is 0 Å². The number of amides is 1. The van der Waals surface area contributed by atoms with Gasteiger partial charge in [-0.1, -0.05) is 0 Å². The topological polar surface area (TPSA) is 64.6 Å². The Balaban J connectivity index is 4.72. The number of carbonyl (C=O) groups excluding carboxylic acids is 1. The Morgan fingerprint density at radius 1 is 1.05 bits per heavy atom. The van der Waals surface area contributed by atoms with Gasteiger partial charge in [-0.05, 0) is 0 Å². The Morgan fingerprint density at radius 3 is 1.68 bits per heavy atom. The van der Waals surface area contributed by atoms with Gasteiger partial charge in [-0.25, -0.2) is 0 Å². The molecule has 0 rings (SSSR count). The Labute approximate surface area is 103 Å². The summed E-state index contributed by atoms with van der Waals surface area (Å²) in [6, 6.07) is 0. The molecule has 0 aromatic carbocycles. The predicted molar refractivity (Wildman–Crippen MR) is 50.6 cm³/mol. The fourth-order valence-corrected chi connectivity index (χ4v) is 2.18. The molecule has 0 aliphatic carbocycles. The molecule has 0 atom stereocenters. The summed E-state index contributed by atoms with van der Waals surface area (Å²) in [6.45, 7) is -4.17. The molecular weight excluding hydrogens is 307 g/mol. The van der Waals surface area contributed by atoms with E-state index in [4.69, 9.17) is 0 Å². The monoisotopic (exact) mass is 317 g/mol. The van der Waals surface area contributed by atoms with Crippen molar-refractivity contribution in [3.63, 3.8) is 0 Å². The first-order valence-corrected chi connectivity index (χ1v) is 6.32. The zero-order chi connectivity index (χ0) is 15.3. The molecule has 0 radical (unpaired) electrons. The van der Waals surface area contributed by atoms with Crippen LogP contribution in [-0.4, -0.2) is 44.7 Å². The summed E-state index contributed by atoms with van der Waals surface area (Å²) >= 11 is 0. The third-order valence-corrected chi connectivity index (χ3v) is 3.19. The molecule has 0 bridgehead atoms. The molecule has 19 heavy (non-hydrogen) atoms. The first-order chi connectivity index (χ1) is 8.37. The molecule has 0 heterocycles. The van der Waals surface area contributed by atoms with Gasteiger partial charge in [0.25, 0.3) is 0 Å². The molecule has 0 aromatic rings. The van der Waals surface area contributed by atoms with Crippen LogP contribution in [0, 0.1) is 0 Å². The second-order valence-electron chi connectivity index (χ2n) is 3.22. The van der Waals surface area contributed by atoms with Crippen LogP contribution < -0.4 is 5.32 Å². The van der Waals surface area contributed by atoms with Gasteiger partial charge in [0.05, 0.1) is 0 Å². The van der Waals surface area contributed by atoms with Crippen LogP contribution in [0.5, 0.6) is 0 Å². The molecule has 0 saturated carbocycles. The fourth-order valence-electron chi connectivity index (χ4n) is 0.727. The van der Waals surface area contributed by atoms with Gasteiger partial charge in [0.1, 0.15) is 6.16 Å². The standard InChI is InChI=1S/C7H10F6NO4P/c1-14-5(15)2-19(16,17-3-6(8,9)10)18-4-7(11,12)13/h2-4H2,1H3,(H,14,15). The lowest BCUT2D eigenvalue weighted by molar-refractivity contribution is -0.165. The van der Waals surface area contributed by atoms with E-state index < -0.39 is 45.2 Å². The third kappa shape index (κ3) is 9.74.